The summed E-state index contributed by atoms with van der Waals surface area (Å²) in [5, 5.41) is 8.54. The lowest BCUT2D eigenvalue weighted by molar-refractivity contribution is -0.164. The van der Waals surface area contributed by atoms with E-state index in [0.29, 0.717) is 19.8 Å². The summed E-state index contributed by atoms with van der Waals surface area (Å²) < 4.78 is 10.3. The van der Waals surface area contributed by atoms with Crippen molar-refractivity contribution in [1.29, 1.82) is 0 Å². The van der Waals surface area contributed by atoms with Crippen LogP contribution < -0.4 is 0 Å². The maximum atomic E-state index is 10.9. The number of carbonyl (C=O) groups excluding carboxylic acids is 1. The van der Waals surface area contributed by atoms with Gasteiger partial charge in [0.15, 0.2) is 0 Å². The molecule has 92 valence electrons. The molecule has 1 unspecified atom stereocenters. The van der Waals surface area contributed by atoms with Crippen molar-refractivity contribution >= 4 is 5.97 Å². The molecule has 1 heterocycles. The molecule has 0 aromatic heterocycles. The third-order valence-electron chi connectivity index (χ3n) is 2.13. The van der Waals surface area contributed by atoms with E-state index in [1.807, 2.05) is 24.3 Å². The van der Waals surface area contributed by atoms with Gasteiger partial charge >= 0.3 is 5.97 Å². The average Bonchev–Trinajstić information content (AvgIpc) is 2.56. The lowest BCUT2D eigenvalue weighted by Crippen LogP contribution is -2.41. The SMILES string of the molecule is CC(=O)OC1N(C)C=CN1CCOCCO. The summed E-state index contributed by atoms with van der Waals surface area (Å²) in [5.41, 5.74) is 0. The van der Waals surface area contributed by atoms with Gasteiger partial charge in [0.25, 0.3) is 6.35 Å². The molecule has 1 aliphatic heterocycles. The second kappa shape index (κ2) is 6.34. The summed E-state index contributed by atoms with van der Waals surface area (Å²) in [5.74, 6) is -0.318. The maximum Gasteiger partial charge on any atom is 0.305 e. The fourth-order valence-corrected chi connectivity index (χ4v) is 1.39. The normalized spacial score (nSPS) is 19.3. The van der Waals surface area contributed by atoms with Crippen LogP contribution in [-0.4, -0.2) is 60.6 Å². The summed E-state index contributed by atoms with van der Waals surface area (Å²) in [7, 11) is 1.83. The van der Waals surface area contributed by atoms with E-state index in [1.54, 1.807) is 4.90 Å². The number of aliphatic hydroxyl groups excluding tert-OH is 1. The van der Waals surface area contributed by atoms with Crippen molar-refractivity contribution in [2.45, 2.75) is 13.3 Å². The standard InChI is InChI=1S/C10H18N2O4/c1-9(14)16-10-11(2)3-4-12(10)5-7-15-8-6-13/h3-4,10,13H,5-8H2,1-2H3. The minimum atomic E-state index is -0.393. The van der Waals surface area contributed by atoms with Gasteiger partial charge in [-0.1, -0.05) is 0 Å². The molecule has 16 heavy (non-hydrogen) atoms. The smallest absolute Gasteiger partial charge is 0.305 e. The van der Waals surface area contributed by atoms with E-state index in [-0.39, 0.29) is 12.6 Å². The lowest BCUT2D eigenvalue weighted by Gasteiger charge is -2.28. The summed E-state index contributed by atoms with van der Waals surface area (Å²) in [6.45, 7) is 2.82. The quantitative estimate of drug-likeness (QED) is 0.493. The molecule has 6 heteroatoms. The molecule has 0 aromatic carbocycles. The van der Waals surface area contributed by atoms with Crippen LogP contribution >= 0.6 is 0 Å². The number of hydrogen-bond donors (Lipinski definition) is 1. The molecule has 0 aliphatic carbocycles. The molecule has 0 aromatic rings. The van der Waals surface area contributed by atoms with Crippen LogP contribution in [0.2, 0.25) is 0 Å². The number of esters is 1. The van der Waals surface area contributed by atoms with Gasteiger partial charge in [-0.05, 0) is 0 Å². The van der Waals surface area contributed by atoms with Gasteiger partial charge in [-0.15, -0.1) is 0 Å². The lowest BCUT2D eigenvalue weighted by atomic mass is 10.6. The van der Waals surface area contributed by atoms with Gasteiger partial charge in [0.05, 0.1) is 19.8 Å². The van der Waals surface area contributed by atoms with Gasteiger partial charge in [-0.3, -0.25) is 4.79 Å². The molecule has 0 saturated carbocycles. The molecule has 0 spiro atoms. The van der Waals surface area contributed by atoms with Crippen LogP contribution in [0.1, 0.15) is 6.92 Å². The molecule has 1 atom stereocenters. The molecule has 6 nitrogen and oxygen atoms in total. The van der Waals surface area contributed by atoms with E-state index in [4.69, 9.17) is 14.6 Å². The Morgan fingerprint density at radius 3 is 2.81 bits per heavy atom. The first kappa shape index (κ1) is 12.8. The van der Waals surface area contributed by atoms with Crippen molar-refractivity contribution in [2.75, 3.05) is 33.4 Å². The Morgan fingerprint density at radius 1 is 1.44 bits per heavy atom. The molecule has 0 radical (unpaired) electrons. The van der Waals surface area contributed by atoms with Crippen molar-refractivity contribution in [3.05, 3.63) is 12.4 Å². The van der Waals surface area contributed by atoms with E-state index in [9.17, 15) is 4.79 Å². The minimum absolute atomic E-state index is 0.0170. The zero-order chi connectivity index (χ0) is 12.0. The molecule has 1 rings (SSSR count). The predicted molar refractivity (Wildman–Crippen MR) is 57.1 cm³/mol. The van der Waals surface area contributed by atoms with Gasteiger partial charge in [-0.25, -0.2) is 0 Å². The largest absolute Gasteiger partial charge is 0.423 e. The van der Waals surface area contributed by atoms with Gasteiger partial charge in [0, 0.05) is 32.9 Å². The van der Waals surface area contributed by atoms with Gasteiger partial charge < -0.3 is 24.4 Å². The van der Waals surface area contributed by atoms with E-state index in [0.717, 1.165) is 0 Å². The Bertz CT molecular complexity index is 257. The number of hydrogen-bond acceptors (Lipinski definition) is 6. The van der Waals surface area contributed by atoms with Crippen molar-refractivity contribution in [3.63, 3.8) is 0 Å². The number of rotatable bonds is 6. The van der Waals surface area contributed by atoms with E-state index >= 15 is 0 Å². The Balaban J connectivity index is 2.33. The fourth-order valence-electron chi connectivity index (χ4n) is 1.39. The van der Waals surface area contributed by atoms with Crippen LogP contribution in [0.5, 0.6) is 0 Å². The van der Waals surface area contributed by atoms with Gasteiger partial charge in [0.1, 0.15) is 0 Å². The highest BCUT2D eigenvalue weighted by molar-refractivity contribution is 5.66. The number of carbonyl (C=O) groups is 1. The van der Waals surface area contributed by atoms with E-state index in [1.165, 1.54) is 6.92 Å². The van der Waals surface area contributed by atoms with Crippen LogP contribution in [0.4, 0.5) is 0 Å². The zero-order valence-corrected chi connectivity index (χ0v) is 9.63. The third-order valence-corrected chi connectivity index (χ3v) is 2.13. The highest BCUT2D eigenvalue weighted by atomic mass is 16.6. The topological polar surface area (TPSA) is 62.2 Å². The summed E-state index contributed by atoms with van der Waals surface area (Å²) >= 11 is 0. The highest BCUT2D eigenvalue weighted by Crippen LogP contribution is 2.14. The Kier molecular flexibility index (Phi) is 5.07. The van der Waals surface area contributed by atoms with Crippen molar-refractivity contribution < 1.29 is 19.4 Å². The molecule has 0 fully saturated rings. The van der Waals surface area contributed by atoms with Crippen molar-refractivity contribution in [2.24, 2.45) is 0 Å². The van der Waals surface area contributed by atoms with Crippen molar-refractivity contribution in [1.82, 2.24) is 9.80 Å². The number of ether oxygens (including phenoxy) is 2. The van der Waals surface area contributed by atoms with Crippen molar-refractivity contribution in [3.8, 4) is 0 Å². The molecule has 1 aliphatic rings. The highest BCUT2D eigenvalue weighted by Gasteiger charge is 2.25. The van der Waals surface area contributed by atoms with Crippen LogP contribution in [0.25, 0.3) is 0 Å². The second-order valence-corrected chi connectivity index (χ2v) is 3.47. The Labute approximate surface area is 95.0 Å². The molecular weight excluding hydrogens is 212 g/mol. The summed E-state index contributed by atoms with van der Waals surface area (Å²) in [6, 6.07) is 0. The third kappa shape index (κ3) is 3.71. The molecular formula is C10H18N2O4. The van der Waals surface area contributed by atoms with Gasteiger partial charge in [-0.2, -0.15) is 0 Å². The first-order chi connectivity index (χ1) is 7.65. The van der Waals surface area contributed by atoms with E-state index in [2.05, 4.69) is 0 Å². The minimum Gasteiger partial charge on any atom is -0.423 e. The van der Waals surface area contributed by atoms with Crippen LogP contribution in [0.3, 0.4) is 0 Å². The monoisotopic (exact) mass is 230 g/mol. The Hall–Kier alpha value is -1.27. The van der Waals surface area contributed by atoms with Crippen LogP contribution in [0.15, 0.2) is 12.4 Å². The van der Waals surface area contributed by atoms with E-state index < -0.39 is 6.35 Å². The number of aliphatic hydroxyl groups is 1. The maximum absolute atomic E-state index is 10.9. The van der Waals surface area contributed by atoms with Crippen LogP contribution in [0, 0.1) is 0 Å². The Morgan fingerprint density at radius 2 is 2.19 bits per heavy atom. The average molecular weight is 230 g/mol. The molecule has 0 saturated heterocycles. The first-order valence-electron chi connectivity index (χ1n) is 5.17. The number of nitrogens with zero attached hydrogens (tertiary/aromatic N) is 2. The van der Waals surface area contributed by atoms with Gasteiger partial charge in [0.2, 0.25) is 0 Å². The predicted octanol–water partition coefficient (Wildman–Crippen LogP) is -0.439. The zero-order valence-electron chi connectivity index (χ0n) is 9.63. The molecule has 1 N–H and O–H groups in total. The van der Waals surface area contributed by atoms with Crippen LogP contribution in [-0.2, 0) is 14.3 Å². The fraction of sp³-hybridized carbons (Fsp3) is 0.700. The summed E-state index contributed by atoms with van der Waals surface area (Å²) in [4.78, 5) is 14.6. The second-order valence-electron chi connectivity index (χ2n) is 3.47. The first-order valence-corrected chi connectivity index (χ1v) is 5.17. The molecule has 0 bridgehead atoms. The molecule has 0 amide bonds. The summed E-state index contributed by atoms with van der Waals surface area (Å²) in [6.07, 6.45) is 3.28.